The van der Waals surface area contributed by atoms with Gasteiger partial charge in [-0.25, -0.2) is 0 Å². The number of hydrogen-bond donors (Lipinski definition) is 0. The molecule has 4 heteroatoms. The Labute approximate surface area is 98.0 Å². The minimum Gasteiger partial charge on any atom is -0.328 e. The van der Waals surface area contributed by atoms with Crippen molar-refractivity contribution in [2.75, 3.05) is 0 Å². The zero-order valence-electron chi connectivity index (χ0n) is 8.57. The largest absolute Gasteiger partial charge is 0.328 e. The van der Waals surface area contributed by atoms with Crippen LogP contribution >= 0.6 is 11.6 Å². The molecule has 1 amide bonds. The maximum Gasteiger partial charge on any atom is 0.223 e. The van der Waals surface area contributed by atoms with Crippen molar-refractivity contribution in [2.45, 2.75) is 25.4 Å². The molecule has 2 aliphatic rings. The maximum atomic E-state index is 12.2. The van der Waals surface area contributed by atoms with Crippen LogP contribution in [-0.2, 0) is 11.3 Å². The van der Waals surface area contributed by atoms with Crippen LogP contribution in [0.5, 0.6) is 0 Å². The molecule has 1 saturated heterocycles. The van der Waals surface area contributed by atoms with Gasteiger partial charge in [0.05, 0.1) is 11.1 Å². The lowest BCUT2D eigenvalue weighted by atomic mass is 9.93. The highest BCUT2D eigenvalue weighted by Crippen LogP contribution is 2.34. The molecule has 0 radical (unpaired) electrons. The van der Waals surface area contributed by atoms with Gasteiger partial charge in [-0.3, -0.25) is 9.59 Å². The Morgan fingerprint density at radius 3 is 2.94 bits per heavy atom. The Morgan fingerprint density at radius 1 is 1.31 bits per heavy atom. The van der Waals surface area contributed by atoms with E-state index in [9.17, 15) is 9.59 Å². The van der Waals surface area contributed by atoms with E-state index in [0.717, 1.165) is 5.56 Å². The van der Waals surface area contributed by atoms with Crippen molar-refractivity contribution in [3.05, 3.63) is 34.3 Å². The van der Waals surface area contributed by atoms with Crippen LogP contribution in [0.2, 0.25) is 5.02 Å². The summed E-state index contributed by atoms with van der Waals surface area (Å²) in [6.07, 6.45) is 1.10. The second-order valence-electron chi connectivity index (χ2n) is 4.21. The fraction of sp³-hybridized carbons (Fsp3) is 0.333. The van der Waals surface area contributed by atoms with Gasteiger partial charge in [-0.15, -0.1) is 0 Å². The number of nitrogens with zero attached hydrogens (tertiary/aromatic N) is 1. The van der Waals surface area contributed by atoms with Gasteiger partial charge >= 0.3 is 0 Å². The number of rotatable bonds is 0. The molecule has 0 aliphatic carbocycles. The number of amides is 1. The summed E-state index contributed by atoms with van der Waals surface area (Å²) in [7, 11) is 0. The van der Waals surface area contributed by atoms with Crippen molar-refractivity contribution >= 4 is 23.3 Å². The van der Waals surface area contributed by atoms with Gasteiger partial charge in [0, 0.05) is 18.5 Å². The number of fused-ring (bicyclic) bond motifs is 2. The average molecular weight is 236 g/mol. The summed E-state index contributed by atoms with van der Waals surface area (Å²) in [6.45, 7) is 0.519. The van der Waals surface area contributed by atoms with Gasteiger partial charge in [0.15, 0.2) is 5.78 Å². The fourth-order valence-electron chi connectivity index (χ4n) is 2.53. The van der Waals surface area contributed by atoms with Gasteiger partial charge in [0.1, 0.15) is 0 Å². The topological polar surface area (TPSA) is 37.4 Å². The van der Waals surface area contributed by atoms with Crippen LogP contribution in [0, 0.1) is 0 Å². The molecule has 3 nitrogen and oxygen atoms in total. The van der Waals surface area contributed by atoms with Crippen molar-refractivity contribution in [1.29, 1.82) is 0 Å². The van der Waals surface area contributed by atoms with E-state index in [1.165, 1.54) is 0 Å². The van der Waals surface area contributed by atoms with E-state index in [4.69, 9.17) is 11.6 Å². The Balaban J connectivity index is 2.14. The molecular formula is C12H10ClNO2. The summed E-state index contributed by atoms with van der Waals surface area (Å²) in [6, 6.07) is 5.13. The van der Waals surface area contributed by atoms with Crippen molar-refractivity contribution in [1.82, 2.24) is 4.90 Å². The van der Waals surface area contributed by atoms with E-state index >= 15 is 0 Å². The number of benzene rings is 1. The Bertz CT molecular complexity index is 498. The van der Waals surface area contributed by atoms with Crippen LogP contribution in [0.4, 0.5) is 0 Å². The van der Waals surface area contributed by atoms with Gasteiger partial charge in [-0.1, -0.05) is 23.7 Å². The lowest BCUT2D eigenvalue weighted by molar-refractivity contribution is -0.129. The van der Waals surface area contributed by atoms with Crippen LogP contribution in [0.15, 0.2) is 18.2 Å². The number of halogens is 1. The number of hydrogen-bond acceptors (Lipinski definition) is 2. The molecule has 1 aromatic rings. The highest BCUT2D eigenvalue weighted by molar-refractivity contribution is 6.34. The van der Waals surface area contributed by atoms with Crippen LogP contribution in [0.25, 0.3) is 0 Å². The third-order valence-corrected chi connectivity index (χ3v) is 3.63. The quantitative estimate of drug-likeness (QED) is 0.690. The molecule has 0 aromatic heterocycles. The van der Waals surface area contributed by atoms with Gasteiger partial charge in [-0.05, 0) is 18.1 Å². The van der Waals surface area contributed by atoms with E-state index in [2.05, 4.69) is 0 Å². The first-order valence-electron chi connectivity index (χ1n) is 5.29. The van der Waals surface area contributed by atoms with E-state index < -0.39 is 0 Å². The first-order valence-corrected chi connectivity index (χ1v) is 5.67. The Hall–Kier alpha value is -1.35. The molecule has 0 bridgehead atoms. The number of ketones is 1. The molecule has 0 saturated carbocycles. The number of carbonyl (C=O) groups is 2. The highest BCUT2D eigenvalue weighted by atomic mass is 35.5. The number of Topliss-reactive ketones (excluding diaryl/α,β-unsaturated/α-hetero) is 1. The van der Waals surface area contributed by atoms with Crippen molar-refractivity contribution in [3.63, 3.8) is 0 Å². The van der Waals surface area contributed by atoms with Crippen LogP contribution < -0.4 is 0 Å². The summed E-state index contributed by atoms with van der Waals surface area (Å²) in [5, 5.41) is 0.501. The summed E-state index contributed by atoms with van der Waals surface area (Å²) < 4.78 is 0. The van der Waals surface area contributed by atoms with Crippen molar-refractivity contribution in [3.8, 4) is 0 Å². The van der Waals surface area contributed by atoms with Gasteiger partial charge < -0.3 is 4.90 Å². The van der Waals surface area contributed by atoms with Gasteiger partial charge in [0.25, 0.3) is 0 Å². The van der Waals surface area contributed by atoms with E-state index in [1.54, 1.807) is 11.0 Å². The van der Waals surface area contributed by atoms with Gasteiger partial charge in [-0.2, -0.15) is 0 Å². The molecule has 1 atom stereocenters. The molecule has 3 rings (SSSR count). The van der Waals surface area contributed by atoms with Gasteiger partial charge in [0.2, 0.25) is 5.91 Å². The standard InChI is InChI=1S/C12H10ClNO2/c13-8-3-1-2-7-6-14-9(4-5-10(14)15)12(16)11(7)8/h1-3,9H,4-6H2. The van der Waals surface area contributed by atoms with Crippen LogP contribution in [0.3, 0.4) is 0 Å². The smallest absolute Gasteiger partial charge is 0.223 e. The molecule has 1 unspecified atom stereocenters. The fourth-order valence-corrected chi connectivity index (χ4v) is 2.82. The Morgan fingerprint density at radius 2 is 2.12 bits per heavy atom. The molecule has 16 heavy (non-hydrogen) atoms. The lowest BCUT2D eigenvalue weighted by Gasteiger charge is -2.30. The Kier molecular flexibility index (Phi) is 2.04. The van der Waals surface area contributed by atoms with E-state index in [-0.39, 0.29) is 17.7 Å². The van der Waals surface area contributed by atoms with E-state index in [1.807, 2.05) is 12.1 Å². The summed E-state index contributed by atoms with van der Waals surface area (Å²) in [5.74, 6) is 0.0710. The highest BCUT2D eigenvalue weighted by Gasteiger charge is 2.41. The first-order chi connectivity index (χ1) is 7.68. The predicted octanol–water partition coefficient (Wildman–Crippen LogP) is 2.03. The summed E-state index contributed by atoms with van der Waals surface area (Å²) >= 11 is 6.04. The zero-order chi connectivity index (χ0) is 11.3. The number of carbonyl (C=O) groups excluding carboxylic acids is 2. The predicted molar refractivity (Wildman–Crippen MR) is 59.4 cm³/mol. The summed E-state index contributed by atoms with van der Waals surface area (Å²) in [4.78, 5) is 25.4. The molecule has 2 heterocycles. The molecule has 1 aromatic carbocycles. The van der Waals surface area contributed by atoms with E-state index in [0.29, 0.717) is 30.0 Å². The second kappa shape index (κ2) is 3.32. The first kappa shape index (κ1) is 9.85. The zero-order valence-corrected chi connectivity index (χ0v) is 9.33. The minimum absolute atomic E-state index is 0.00213. The third-order valence-electron chi connectivity index (χ3n) is 3.32. The van der Waals surface area contributed by atoms with Crippen molar-refractivity contribution < 1.29 is 9.59 Å². The second-order valence-corrected chi connectivity index (χ2v) is 4.62. The molecule has 0 N–H and O–H groups in total. The summed E-state index contributed by atoms with van der Waals surface area (Å²) in [5.41, 5.74) is 1.48. The minimum atomic E-state index is -0.278. The maximum absolute atomic E-state index is 12.2. The normalized spacial score (nSPS) is 23.3. The SMILES string of the molecule is O=C1c2c(Cl)cccc2CN2C(=O)CCC12. The van der Waals surface area contributed by atoms with Crippen LogP contribution in [-0.4, -0.2) is 22.6 Å². The van der Waals surface area contributed by atoms with Crippen LogP contribution in [0.1, 0.15) is 28.8 Å². The third kappa shape index (κ3) is 1.21. The lowest BCUT2D eigenvalue weighted by Crippen LogP contribution is -2.42. The molecule has 0 spiro atoms. The molecular weight excluding hydrogens is 226 g/mol. The monoisotopic (exact) mass is 235 g/mol. The molecule has 2 aliphatic heterocycles. The molecule has 1 fully saturated rings. The molecule has 82 valence electrons. The van der Waals surface area contributed by atoms with Crippen molar-refractivity contribution in [2.24, 2.45) is 0 Å². The average Bonchev–Trinajstić information content (AvgIpc) is 2.61.